The number of rotatable bonds is 3. The van der Waals surface area contributed by atoms with E-state index in [4.69, 9.17) is 0 Å². The van der Waals surface area contributed by atoms with E-state index in [1.807, 2.05) is 37.3 Å². The summed E-state index contributed by atoms with van der Waals surface area (Å²) in [6.07, 6.45) is 0. The van der Waals surface area contributed by atoms with Crippen LogP contribution >= 0.6 is 0 Å². The molecule has 20 heavy (non-hydrogen) atoms. The lowest BCUT2D eigenvalue weighted by Gasteiger charge is -2.32. The largest absolute Gasteiger partial charge is 0.388 e. The third-order valence-corrected chi connectivity index (χ3v) is 3.58. The van der Waals surface area contributed by atoms with Crippen molar-refractivity contribution in [2.75, 3.05) is 0 Å². The third-order valence-electron chi connectivity index (χ3n) is 3.58. The molecular weight excluding hydrogens is 256 g/mol. The Kier molecular flexibility index (Phi) is 3.23. The highest BCUT2D eigenvalue weighted by Gasteiger charge is 2.32. The first-order valence-corrected chi connectivity index (χ1v) is 6.57. The highest BCUT2D eigenvalue weighted by Crippen LogP contribution is 2.24. The minimum atomic E-state index is -0.375. The van der Waals surface area contributed by atoms with Crippen LogP contribution in [0, 0.1) is 0 Å². The van der Waals surface area contributed by atoms with Crippen LogP contribution < -0.4 is 0 Å². The van der Waals surface area contributed by atoms with Gasteiger partial charge in [-0.25, -0.2) is 0 Å². The molecule has 1 aliphatic heterocycles. The summed E-state index contributed by atoms with van der Waals surface area (Å²) in [5.74, 6) is 1.19. The second kappa shape index (κ2) is 5.05. The standard InChI is InChI=1S/C14H16N4O2/c1-10-14(20)17(7-11-5-3-2-4-6-11)8-12-15-16-13(9-19)18(10)12/h2-6,10,19H,7-9H2,1H3/t10-/m0/s1. The van der Waals surface area contributed by atoms with E-state index in [2.05, 4.69) is 10.2 Å². The van der Waals surface area contributed by atoms with E-state index < -0.39 is 0 Å². The average Bonchev–Trinajstić information content (AvgIpc) is 2.88. The highest BCUT2D eigenvalue weighted by molar-refractivity contribution is 5.81. The van der Waals surface area contributed by atoms with E-state index in [9.17, 15) is 9.90 Å². The predicted molar refractivity (Wildman–Crippen MR) is 71.4 cm³/mol. The Bertz CT molecular complexity index is 623. The minimum absolute atomic E-state index is 0.0239. The summed E-state index contributed by atoms with van der Waals surface area (Å²) in [5, 5.41) is 17.2. The van der Waals surface area contributed by atoms with E-state index in [0.717, 1.165) is 11.4 Å². The molecule has 2 aromatic rings. The van der Waals surface area contributed by atoms with Crippen molar-refractivity contribution in [1.29, 1.82) is 0 Å². The smallest absolute Gasteiger partial charge is 0.246 e. The number of aromatic nitrogens is 3. The number of amides is 1. The van der Waals surface area contributed by atoms with E-state index in [1.54, 1.807) is 9.47 Å². The van der Waals surface area contributed by atoms with Crippen molar-refractivity contribution < 1.29 is 9.90 Å². The second-order valence-electron chi connectivity index (χ2n) is 4.92. The molecule has 3 rings (SSSR count). The molecule has 104 valence electrons. The van der Waals surface area contributed by atoms with Gasteiger partial charge in [0.25, 0.3) is 0 Å². The van der Waals surface area contributed by atoms with Gasteiger partial charge in [-0.3, -0.25) is 9.36 Å². The fourth-order valence-corrected chi connectivity index (χ4v) is 2.58. The molecule has 6 nitrogen and oxygen atoms in total. The van der Waals surface area contributed by atoms with Gasteiger partial charge in [-0.1, -0.05) is 30.3 Å². The zero-order valence-electron chi connectivity index (χ0n) is 11.2. The SMILES string of the molecule is C[C@H]1C(=O)N(Cc2ccccc2)Cc2nnc(CO)n21. The van der Waals surface area contributed by atoms with Gasteiger partial charge in [0.2, 0.25) is 5.91 Å². The van der Waals surface area contributed by atoms with Crippen molar-refractivity contribution in [3.63, 3.8) is 0 Å². The summed E-state index contributed by atoms with van der Waals surface area (Å²) in [5.41, 5.74) is 1.09. The molecule has 0 spiro atoms. The molecular formula is C14H16N4O2. The molecule has 1 amide bonds. The van der Waals surface area contributed by atoms with Crippen LogP contribution in [-0.2, 0) is 24.5 Å². The van der Waals surface area contributed by atoms with Gasteiger partial charge < -0.3 is 10.0 Å². The van der Waals surface area contributed by atoms with E-state index >= 15 is 0 Å². The fraction of sp³-hybridized carbons (Fsp3) is 0.357. The van der Waals surface area contributed by atoms with Crippen LogP contribution in [-0.4, -0.2) is 30.7 Å². The van der Waals surface area contributed by atoms with Gasteiger partial charge in [0, 0.05) is 6.54 Å². The number of nitrogens with zero attached hydrogens (tertiary/aromatic N) is 4. The maximum atomic E-state index is 12.4. The number of hydrogen-bond donors (Lipinski definition) is 1. The summed E-state index contributed by atoms with van der Waals surface area (Å²) >= 11 is 0. The van der Waals surface area contributed by atoms with Crippen molar-refractivity contribution in [2.24, 2.45) is 0 Å². The van der Waals surface area contributed by atoms with Gasteiger partial charge in [0.05, 0.1) is 6.54 Å². The summed E-state index contributed by atoms with van der Waals surface area (Å²) < 4.78 is 1.73. The molecule has 0 saturated carbocycles. The third kappa shape index (κ3) is 2.08. The zero-order valence-corrected chi connectivity index (χ0v) is 11.2. The maximum absolute atomic E-state index is 12.4. The minimum Gasteiger partial charge on any atom is -0.388 e. The van der Waals surface area contributed by atoms with Gasteiger partial charge in [-0.15, -0.1) is 10.2 Å². The molecule has 1 aliphatic rings. The van der Waals surface area contributed by atoms with Crippen molar-refractivity contribution in [3.8, 4) is 0 Å². The molecule has 2 heterocycles. The Morgan fingerprint density at radius 3 is 2.75 bits per heavy atom. The van der Waals surface area contributed by atoms with Gasteiger partial charge >= 0.3 is 0 Å². The molecule has 0 radical (unpaired) electrons. The highest BCUT2D eigenvalue weighted by atomic mass is 16.3. The zero-order chi connectivity index (χ0) is 14.1. The van der Waals surface area contributed by atoms with Crippen molar-refractivity contribution in [1.82, 2.24) is 19.7 Å². The summed E-state index contributed by atoms with van der Waals surface area (Å²) in [6, 6.07) is 9.49. The van der Waals surface area contributed by atoms with Crippen LogP contribution in [0.2, 0.25) is 0 Å². The number of carbonyl (C=O) groups is 1. The van der Waals surface area contributed by atoms with E-state index in [0.29, 0.717) is 18.9 Å². The fourth-order valence-electron chi connectivity index (χ4n) is 2.58. The Balaban J connectivity index is 1.87. The van der Waals surface area contributed by atoms with Crippen LogP contribution in [0.25, 0.3) is 0 Å². The lowest BCUT2D eigenvalue weighted by Crippen LogP contribution is -2.41. The summed E-state index contributed by atoms with van der Waals surface area (Å²) in [7, 11) is 0. The number of carbonyl (C=O) groups excluding carboxylic acids is 1. The number of aliphatic hydroxyl groups is 1. The topological polar surface area (TPSA) is 71.2 Å². The Morgan fingerprint density at radius 1 is 1.30 bits per heavy atom. The molecule has 0 bridgehead atoms. The lowest BCUT2D eigenvalue weighted by molar-refractivity contribution is -0.137. The first kappa shape index (κ1) is 12.8. The molecule has 1 aromatic heterocycles. The van der Waals surface area contributed by atoms with Crippen molar-refractivity contribution >= 4 is 5.91 Å². The first-order valence-electron chi connectivity index (χ1n) is 6.57. The predicted octanol–water partition coefficient (Wildman–Crippen LogP) is 0.874. The summed E-state index contributed by atoms with van der Waals surface area (Å²) in [4.78, 5) is 14.2. The monoisotopic (exact) mass is 272 g/mol. The lowest BCUT2D eigenvalue weighted by atomic mass is 10.1. The molecule has 1 aromatic carbocycles. The molecule has 1 N–H and O–H groups in total. The molecule has 0 aliphatic carbocycles. The number of hydrogen-bond acceptors (Lipinski definition) is 4. The normalized spacial score (nSPS) is 18.2. The number of aliphatic hydroxyl groups excluding tert-OH is 1. The Labute approximate surface area is 116 Å². The number of fused-ring (bicyclic) bond motifs is 1. The van der Waals surface area contributed by atoms with Gasteiger partial charge in [0.1, 0.15) is 12.6 Å². The van der Waals surface area contributed by atoms with Gasteiger partial charge in [0.15, 0.2) is 11.6 Å². The Hall–Kier alpha value is -2.21. The van der Waals surface area contributed by atoms with Crippen LogP contribution in [0.5, 0.6) is 0 Å². The van der Waals surface area contributed by atoms with Crippen LogP contribution in [0.15, 0.2) is 30.3 Å². The van der Waals surface area contributed by atoms with Gasteiger partial charge in [-0.05, 0) is 12.5 Å². The Morgan fingerprint density at radius 2 is 2.05 bits per heavy atom. The number of benzene rings is 1. The van der Waals surface area contributed by atoms with Crippen LogP contribution in [0.4, 0.5) is 0 Å². The molecule has 0 saturated heterocycles. The van der Waals surface area contributed by atoms with Crippen LogP contribution in [0.1, 0.15) is 30.2 Å². The second-order valence-corrected chi connectivity index (χ2v) is 4.92. The molecule has 0 unspecified atom stereocenters. The van der Waals surface area contributed by atoms with Crippen LogP contribution in [0.3, 0.4) is 0 Å². The summed E-state index contributed by atoms with van der Waals surface area (Å²) in [6.45, 7) is 2.59. The van der Waals surface area contributed by atoms with E-state index in [-0.39, 0.29) is 18.6 Å². The molecule has 0 fully saturated rings. The molecule has 1 atom stereocenters. The van der Waals surface area contributed by atoms with Crippen molar-refractivity contribution in [3.05, 3.63) is 47.5 Å². The first-order chi connectivity index (χ1) is 9.70. The molecule has 6 heteroatoms. The van der Waals surface area contributed by atoms with Crippen molar-refractivity contribution in [2.45, 2.75) is 32.7 Å². The average molecular weight is 272 g/mol. The quantitative estimate of drug-likeness (QED) is 0.900. The maximum Gasteiger partial charge on any atom is 0.246 e. The van der Waals surface area contributed by atoms with E-state index in [1.165, 1.54) is 0 Å². The van der Waals surface area contributed by atoms with Gasteiger partial charge in [-0.2, -0.15) is 0 Å².